The molecule has 0 amide bonds. The second-order valence-electron chi connectivity index (χ2n) is 8.07. The predicted octanol–water partition coefficient (Wildman–Crippen LogP) is 5.56. The number of aryl methyl sites for hydroxylation is 1. The second-order valence-corrected chi connectivity index (χ2v) is 8.07. The monoisotopic (exact) mass is 347 g/mol. The Kier molecular flexibility index (Phi) is 3.33. The molecule has 2 aromatic heterocycles. The number of furan rings is 1. The van der Waals surface area contributed by atoms with E-state index in [9.17, 15) is 0 Å². The molecule has 0 bridgehead atoms. The number of aromatic nitrogens is 1. The number of benzene rings is 1. The molecule has 0 atom stereocenters. The summed E-state index contributed by atoms with van der Waals surface area (Å²) in [6.45, 7) is 6.78. The molecule has 5 rings (SSSR count). The van der Waals surface area contributed by atoms with Gasteiger partial charge in [0.1, 0.15) is 11.2 Å². The Morgan fingerprint density at radius 3 is 2.73 bits per heavy atom. The average molecular weight is 347 g/mol. The fourth-order valence-corrected chi connectivity index (χ4v) is 4.77. The number of hydrogen-bond donors (Lipinski definition) is 0. The highest BCUT2D eigenvalue weighted by Gasteiger charge is 2.41. The van der Waals surface area contributed by atoms with E-state index in [1.165, 1.54) is 31.2 Å². The van der Waals surface area contributed by atoms with Crippen LogP contribution in [0.1, 0.15) is 45.1 Å². The molecule has 0 saturated heterocycles. The van der Waals surface area contributed by atoms with E-state index in [2.05, 4.69) is 60.1 Å². The van der Waals surface area contributed by atoms with Crippen LogP contribution < -0.4 is 4.90 Å². The molecule has 1 aromatic carbocycles. The third-order valence-electron chi connectivity index (χ3n) is 6.13. The fourth-order valence-electron chi connectivity index (χ4n) is 4.77. The van der Waals surface area contributed by atoms with Gasteiger partial charge in [0, 0.05) is 30.0 Å². The zero-order valence-electron chi connectivity index (χ0n) is 15.7. The molecule has 0 unspecified atom stereocenters. The zero-order valence-corrected chi connectivity index (χ0v) is 15.7. The maximum atomic E-state index is 6.27. The Morgan fingerprint density at radius 2 is 1.92 bits per heavy atom. The number of nitrogens with zero attached hydrogens (tertiary/aromatic N) is 3. The van der Waals surface area contributed by atoms with Crippen LogP contribution in [0.4, 0.5) is 5.69 Å². The lowest BCUT2D eigenvalue weighted by Gasteiger charge is -2.43. The molecule has 4 nitrogen and oxygen atoms in total. The highest BCUT2D eigenvalue weighted by atomic mass is 16.3. The van der Waals surface area contributed by atoms with Crippen LogP contribution in [0.15, 0.2) is 47.3 Å². The van der Waals surface area contributed by atoms with Crippen LogP contribution in [0.5, 0.6) is 0 Å². The summed E-state index contributed by atoms with van der Waals surface area (Å²) in [6.07, 6.45) is 11.6. The molecule has 1 fully saturated rings. The maximum Gasteiger partial charge on any atom is 0.161 e. The van der Waals surface area contributed by atoms with E-state index in [-0.39, 0.29) is 5.66 Å². The minimum Gasteiger partial charge on any atom is -0.452 e. The molecular weight excluding hydrogens is 322 g/mol. The van der Waals surface area contributed by atoms with Gasteiger partial charge in [-0.2, -0.15) is 0 Å². The van der Waals surface area contributed by atoms with Crippen LogP contribution in [0, 0.1) is 6.92 Å². The summed E-state index contributed by atoms with van der Waals surface area (Å²) in [6, 6.07) is 8.89. The Labute approximate surface area is 154 Å². The number of fused-ring (bicyclic) bond motifs is 3. The molecule has 4 heteroatoms. The summed E-state index contributed by atoms with van der Waals surface area (Å²) in [5, 5.41) is 1.09. The SMILES string of the molecule is Cc1ccc2c(oc3cccnc32)c1N1C=CN(C2CCCC2)C1(C)C. The van der Waals surface area contributed by atoms with Crippen LogP contribution in [0.2, 0.25) is 0 Å². The van der Waals surface area contributed by atoms with Crippen molar-refractivity contribution in [2.75, 3.05) is 4.90 Å². The van der Waals surface area contributed by atoms with Gasteiger partial charge in [0.15, 0.2) is 11.2 Å². The minimum absolute atomic E-state index is 0.111. The molecule has 1 aliphatic carbocycles. The quantitative estimate of drug-likeness (QED) is 0.607. The number of hydrogen-bond acceptors (Lipinski definition) is 4. The first-order valence-corrected chi connectivity index (χ1v) is 9.60. The van der Waals surface area contributed by atoms with Crippen molar-refractivity contribution in [1.82, 2.24) is 9.88 Å². The van der Waals surface area contributed by atoms with Crippen molar-refractivity contribution < 1.29 is 4.42 Å². The Balaban J connectivity index is 1.67. The molecule has 26 heavy (non-hydrogen) atoms. The molecule has 2 aliphatic rings. The molecule has 1 aliphatic heterocycles. The van der Waals surface area contributed by atoms with Gasteiger partial charge < -0.3 is 14.2 Å². The summed E-state index contributed by atoms with van der Waals surface area (Å²) >= 11 is 0. The number of pyridine rings is 1. The second kappa shape index (κ2) is 5.50. The lowest BCUT2D eigenvalue weighted by Crippen LogP contribution is -2.52. The molecule has 3 aromatic rings. The summed E-state index contributed by atoms with van der Waals surface area (Å²) in [5.74, 6) is 0. The molecule has 1 saturated carbocycles. The van der Waals surface area contributed by atoms with Crippen molar-refractivity contribution in [1.29, 1.82) is 0 Å². The molecule has 3 heterocycles. The van der Waals surface area contributed by atoms with Crippen molar-refractivity contribution >= 4 is 27.8 Å². The van der Waals surface area contributed by atoms with Crippen LogP contribution in [0.25, 0.3) is 22.1 Å². The van der Waals surface area contributed by atoms with Crippen LogP contribution >= 0.6 is 0 Å². The largest absolute Gasteiger partial charge is 0.452 e. The van der Waals surface area contributed by atoms with Crippen molar-refractivity contribution in [3.8, 4) is 0 Å². The Morgan fingerprint density at radius 1 is 1.12 bits per heavy atom. The zero-order chi connectivity index (χ0) is 17.9. The van der Waals surface area contributed by atoms with Gasteiger partial charge in [-0.15, -0.1) is 0 Å². The summed E-state index contributed by atoms with van der Waals surface area (Å²) < 4.78 is 6.27. The maximum absolute atomic E-state index is 6.27. The van der Waals surface area contributed by atoms with Crippen LogP contribution in [-0.2, 0) is 0 Å². The Hall–Kier alpha value is -2.49. The third-order valence-corrected chi connectivity index (χ3v) is 6.13. The fraction of sp³-hybridized carbons (Fsp3) is 0.409. The lowest BCUT2D eigenvalue weighted by molar-refractivity contribution is 0.152. The van der Waals surface area contributed by atoms with Crippen molar-refractivity contribution in [3.63, 3.8) is 0 Å². The highest BCUT2D eigenvalue weighted by molar-refractivity contribution is 6.07. The van der Waals surface area contributed by atoms with Crippen molar-refractivity contribution in [3.05, 3.63) is 48.4 Å². The topological polar surface area (TPSA) is 32.5 Å². The van der Waals surface area contributed by atoms with E-state index in [0.717, 1.165) is 27.8 Å². The highest BCUT2D eigenvalue weighted by Crippen LogP contribution is 2.43. The number of rotatable bonds is 2. The molecule has 0 radical (unpaired) electrons. The van der Waals surface area contributed by atoms with E-state index < -0.39 is 0 Å². The average Bonchev–Trinajstić information content (AvgIpc) is 3.32. The predicted molar refractivity (Wildman–Crippen MR) is 106 cm³/mol. The van der Waals surface area contributed by atoms with Gasteiger partial charge in [0.05, 0.1) is 5.69 Å². The van der Waals surface area contributed by atoms with Gasteiger partial charge in [0.25, 0.3) is 0 Å². The first kappa shape index (κ1) is 15.7. The molecule has 0 spiro atoms. The van der Waals surface area contributed by atoms with Gasteiger partial charge in [-0.1, -0.05) is 18.9 Å². The van der Waals surface area contributed by atoms with Crippen LogP contribution in [0.3, 0.4) is 0 Å². The summed E-state index contributed by atoms with van der Waals surface area (Å²) in [7, 11) is 0. The molecule has 0 N–H and O–H groups in total. The first-order chi connectivity index (χ1) is 12.6. The summed E-state index contributed by atoms with van der Waals surface area (Å²) in [4.78, 5) is 9.46. The van der Waals surface area contributed by atoms with E-state index in [4.69, 9.17) is 4.42 Å². The van der Waals surface area contributed by atoms with Gasteiger partial charge in [0.2, 0.25) is 0 Å². The normalized spacial score (nSPS) is 20.1. The molecular formula is C22H25N3O. The van der Waals surface area contributed by atoms with Crippen molar-refractivity contribution in [2.45, 2.75) is 58.2 Å². The third kappa shape index (κ3) is 2.11. The van der Waals surface area contributed by atoms with E-state index >= 15 is 0 Å². The minimum atomic E-state index is -0.111. The van der Waals surface area contributed by atoms with Gasteiger partial charge in [-0.3, -0.25) is 4.98 Å². The van der Waals surface area contributed by atoms with Crippen LogP contribution in [-0.4, -0.2) is 21.6 Å². The van der Waals surface area contributed by atoms with Gasteiger partial charge in [-0.05, 0) is 57.4 Å². The summed E-state index contributed by atoms with van der Waals surface area (Å²) in [5.41, 5.74) is 5.00. The molecule has 134 valence electrons. The number of anilines is 1. The van der Waals surface area contributed by atoms with E-state index in [0.29, 0.717) is 6.04 Å². The lowest BCUT2D eigenvalue weighted by atomic mass is 10.0. The van der Waals surface area contributed by atoms with Gasteiger partial charge in [-0.25, -0.2) is 0 Å². The first-order valence-electron chi connectivity index (χ1n) is 9.60. The van der Waals surface area contributed by atoms with Gasteiger partial charge >= 0.3 is 0 Å². The van der Waals surface area contributed by atoms with Crippen molar-refractivity contribution in [2.24, 2.45) is 0 Å². The van der Waals surface area contributed by atoms with E-state index in [1.54, 1.807) is 0 Å². The Bertz CT molecular complexity index is 1010. The van der Waals surface area contributed by atoms with E-state index in [1.807, 2.05) is 18.3 Å². The smallest absolute Gasteiger partial charge is 0.161 e. The standard InChI is InChI=1S/C22H25N3O/c1-15-10-11-17-19-18(9-6-12-23-19)26-21(17)20(15)25-14-13-24(22(25,2)3)16-7-4-5-8-16/h6,9-14,16H,4-5,7-8H2,1-3H3.